The molecule has 78 valence electrons. The highest BCUT2D eigenvalue weighted by atomic mass is 16.3. The first-order chi connectivity index (χ1) is 6.70. The minimum Gasteiger partial charge on any atom is -0.508 e. The molecular weight excluding hydrogens is 176 g/mol. The van der Waals surface area contributed by atoms with Crippen molar-refractivity contribution in [1.29, 1.82) is 0 Å². The van der Waals surface area contributed by atoms with Crippen LogP contribution in [0.4, 0.5) is 0 Å². The van der Waals surface area contributed by atoms with Gasteiger partial charge in [0, 0.05) is 0 Å². The molecule has 0 bridgehead atoms. The molecule has 0 aromatic heterocycles. The van der Waals surface area contributed by atoms with Crippen LogP contribution in [0.3, 0.4) is 0 Å². The minimum absolute atomic E-state index is 0.200. The highest BCUT2D eigenvalue weighted by Crippen LogP contribution is 2.29. The zero-order valence-corrected chi connectivity index (χ0v) is 8.48. The van der Waals surface area contributed by atoms with Gasteiger partial charge >= 0.3 is 0 Å². The van der Waals surface area contributed by atoms with Crippen molar-refractivity contribution in [2.24, 2.45) is 17.4 Å². The van der Waals surface area contributed by atoms with Crippen LogP contribution in [-0.4, -0.2) is 18.2 Å². The van der Waals surface area contributed by atoms with Gasteiger partial charge in [0.25, 0.3) is 0 Å². The van der Waals surface area contributed by atoms with E-state index in [1.807, 2.05) is 25.1 Å². The van der Waals surface area contributed by atoms with Gasteiger partial charge in [-0.05, 0) is 36.6 Å². The van der Waals surface area contributed by atoms with E-state index >= 15 is 0 Å². The number of rotatable bonds is 4. The van der Waals surface area contributed by atoms with Crippen LogP contribution in [0.15, 0.2) is 24.3 Å². The van der Waals surface area contributed by atoms with E-state index in [0.717, 1.165) is 5.56 Å². The minimum atomic E-state index is 0.200. The van der Waals surface area contributed by atoms with Crippen molar-refractivity contribution in [3.63, 3.8) is 0 Å². The Kier molecular flexibility index (Phi) is 3.92. The maximum absolute atomic E-state index is 9.64. The van der Waals surface area contributed by atoms with E-state index in [0.29, 0.717) is 18.8 Å². The molecule has 0 radical (unpaired) electrons. The molecule has 5 N–H and O–H groups in total. The molecule has 1 rings (SSSR count). The van der Waals surface area contributed by atoms with Crippen LogP contribution in [0, 0.1) is 5.92 Å². The van der Waals surface area contributed by atoms with E-state index in [2.05, 4.69) is 0 Å². The van der Waals surface area contributed by atoms with E-state index < -0.39 is 0 Å². The van der Waals surface area contributed by atoms with Crippen molar-refractivity contribution in [1.82, 2.24) is 0 Å². The molecule has 0 aliphatic carbocycles. The van der Waals surface area contributed by atoms with E-state index in [9.17, 15) is 5.11 Å². The van der Waals surface area contributed by atoms with Gasteiger partial charge in [0.1, 0.15) is 5.75 Å². The number of nitrogens with two attached hydrogens (primary N) is 2. The Morgan fingerprint density at radius 3 is 2.29 bits per heavy atom. The van der Waals surface area contributed by atoms with Crippen LogP contribution in [0.25, 0.3) is 0 Å². The molecule has 0 spiro atoms. The van der Waals surface area contributed by atoms with Crippen LogP contribution in [0.2, 0.25) is 0 Å². The molecule has 14 heavy (non-hydrogen) atoms. The fraction of sp³-hybridized carbons (Fsp3) is 0.455. The summed E-state index contributed by atoms with van der Waals surface area (Å²) in [6, 6.07) is 7.33. The van der Waals surface area contributed by atoms with Gasteiger partial charge in [-0.15, -0.1) is 0 Å². The molecule has 0 aliphatic rings. The lowest BCUT2D eigenvalue weighted by atomic mass is 9.87. The lowest BCUT2D eigenvalue weighted by Gasteiger charge is -2.21. The molecule has 1 aromatic rings. The maximum Gasteiger partial charge on any atom is 0.119 e. The lowest BCUT2D eigenvalue weighted by Crippen LogP contribution is -2.27. The van der Waals surface area contributed by atoms with Gasteiger partial charge in [-0.3, -0.25) is 0 Å². The van der Waals surface area contributed by atoms with E-state index in [4.69, 9.17) is 11.5 Å². The predicted molar refractivity (Wildman–Crippen MR) is 58.1 cm³/mol. The number of aromatic hydroxyl groups is 1. The van der Waals surface area contributed by atoms with Crippen LogP contribution in [0.5, 0.6) is 5.75 Å². The largest absolute Gasteiger partial charge is 0.508 e. The summed E-state index contributed by atoms with van der Waals surface area (Å²) in [5.41, 5.74) is 12.1. The monoisotopic (exact) mass is 194 g/mol. The molecule has 0 amide bonds. The molecule has 0 aliphatic heterocycles. The Bertz CT molecular complexity index is 284. The summed E-state index contributed by atoms with van der Waals surface area (Å²) in [4.78, 5) is 0. The highest BCUT2D eigenvalue weighted by Gasteiger charge is 2.18. The van der Waals surface area contributed by atoms with Crippen molar-refractivity contribution >= 4 is 0 Å². The summed E-state index contributed by atoms with van der Waals surface area (Å²) in [5, 5.41) is 9.64. The van der Waals surface area contributed by atoms with Gasteiger partial charge in [-0.2, -0.15) is 0 Å². The fourth-order valence-electron chi connectivity index (χ4n) is 1.63. The third-order valence-corrected chi connectivity index (χ3v) is 2.74. The summed E-state index contributed by atoms with van der Waals surface area (Å²) in [6.45, 7) is 3.14. The van der Waals surface area contributed by atoms with Gasteiger partial charge < -0.3 is 16.6 Å². The number of phenols is 1. The molecule has 0 saturated heterocycles. The summed E-state index contributed by atoms with van der Waals surface area (Å²) in [6.07, 6.45) is 0. The zero-order valence-electron chi connectivity index (χ0n) is 8.48. The molecule has 3 nitrogen and oxygen atoms in total. The molecule has 1 unspecified atom stereocenters. The second-order valence-electron chi connectivity index (χ2n) is 3.58. The molecule has 3 heteroatoms. The molecular formula is C11H18N2O. The van der Waals surface area contributed by atoms with Crippen molar-refractivity contribution in [3.05, 3.63) is 29.8 Å². The van der Waals surface area contributed by atoms with Crippen molar-refractivity contribution in [2.75, 3.05) is 13.1 Å². The second kappa shape index (κ2) is 4.98. The van der Waals surface area contributed by atoms with Gasteiger partial charge in [0.15, 0.2) is 0 Å². The summed E-state index contributed by atoms with van der Waals surface area (Å²) in [7, 11) is 0. The standard InChI is InChI=1S/C11H18N2O/c1-8(9(6-12)7-13)10-4-2-3-5-11(10)14/h2-5,8-9,14H,6-7,12-13H2,1H3. The number of hydrogen-bond donors (Lipinski definition) is 3. The number of para-hydroxylation sites is 1. The first kappa shape index (κ1) is 11.0. The topological polar surface area (TPSA) is 72.3 Å². The molecule has 0 saturated carbocycles. The zero-order chi connectivity index (χ0) is 10.6. The number of hydrogen-bond acceptors (Lipinski definition) is 3. The van der Waals surface area contributed by atoms with E-state index in [1.165, 1.54) is 0 Å². The summed E-state index contributed by atoms with van der Waals surface area (Å²) < 4.78 is 0. The van der Waals surface area contributed by atoms with Crippen LogP contribution in [-0.2, 0) is 0 Å². The van der Waals surface area contributed by atoms with E-state index in [1.54, 1.807) is 6.07 Å². The number of phenolic OH excluding ortho intramolecular Hbond substituents is 1. The van der Waals surface area contributed by atoms with Crippen LogP contribution in [0.1, 0.15) is 18.4 Å². The highest BCUT2D eigenvalue weighted by molar-refractivity contribution is 5.34. The van der Waals surface area contributed by atoms with Gasteiger partial charge in [0.2, 0.25) is 0 Å². The molecule has 0 heterocycles. The average Bonchev–Trinajstić information content (AvgIpc) is 2.20. The SMILES string of the molecule is CC(c1ccccc1O)C(CN)CN. The van der Waals surface area contributed by atoms with Gasteiger partial charge in [-0.1, -0.05) is 25.1 Å². The van der Waals surface area contributed by atoms with Gasteiger partial charge in [-0.25, -0.2) is 0 Å². The molecule has 0 fully saturated rings. The Morgan fingerprint density at radius 1 is 1.21 bits per heavy atom. The van der Waals surface area contributed by atoms with Crippen molar-refractivity contribution in [2.45, 2.75) is 12.8 Å². The van der Waals surface area contributed by atoms with Crippen molar-refractivity contribution < 1.29 is 5.11 Å². The third kappa shape index (κ3) is 2.25. The fourth-order valence-corrected chi connectivity index (χ4v) is 1.63. The first-order valence-electron chi connectivity index (χ1n) is 4.88. The van der Waals surface area contributed by atoms with Gasteiger partial charge in [0.05, 0.1) is 0 Å². The van der Waals surface area contributed by atoms with E-state index in [-0.39, 0.29) is 11.8 Å². The smallest absolute Gasteiger partial charge is 0.119 e. The molecule has 1 aromatic carbocycles. The Labute approximate surface area is 84.7 Å². The summed E-state index contributed by atoms with van der Waals surface area (Å²) in [5.74, 6) is 0.751. The Morgan fingerprint density at radius 2 is 1.79 bits per heavy atom. The quantitative estimate of drug-likeness (QED) is 0.670. The summed E-state index contributed by atoms with van der Waals surface area (Å²) >= 11 is 0. The van der Waals surface area contributed by atoms with Crippen molar-refractivity contribution in [3.8, 4) is 5.75 Å². The average molecular weight is 194 g/mol. The predicted octanol–water partition coefficient (Wildman–Crippen LogP) is 1.03. The Hall–Kier alpha value is -1.06. The molecule has 1 atom stereocenters. The Balaban J connectivity index is 2.88. The first-order valence-corrected chi connectivity index (χ1v) is 4.88. The lowest BCUT2D eigenvalue weighted by molar-refractivity contribution is 0.426. The maximum atomic E-state index is 9.64. The van der Waals surface area contributed by atoms with Crippen LogP contribution >= 0.6 is 0 Å². The van der Waals surface area contributed by atoms with Crippen LogP contribution < -0.4 is 11.5 Å². The number of benzene rings is 1. The third-order valence-electron chi connectivity index (χ3n) is 2.74. The normalized spacial score (nSPS) is 13.1. The second-order valence-corrected chi connectivity index (χ2v) is 3.58.